The third kappa shape index (κ3) is 1.83. The van der Waals surface area contributed by atoms with Crippen molar-refractivity contribution in [3.8, 4) is 11.3 Å². The molecule has 0 spiro atoms. The molecule has 1 aromatic carbocycles. The van der Waals surface area contributed by atoms with Crippen molar-refractivity contribution >= 4 is 10.9 Å². The van der Waals surface area contributed by atoms with Crippen LogP contribution in [-0.2, 0) is 6.42 Å². The van der Waals surface area contributed by atoms with Gasteiger partial charge in [-0.05, 0) is 18.9 Å². The monoisotopic (exact) mass is 255 g/mol. The summed E-state index contributed by atoms with van der Waals surface area (Å²) in [7, 11) is 0. The normalized spacial score (nSPS) is 11.1. The number of aromatic amines is 1. The highest BCUT2D eigenvalue weighted by Gasteiger charge is 2.15. The van der Waals surface area contributed by atoms with Crippen molar-refractivity contribution in [1.29, 1.82) is 0 Å². The Morgan fingerprint density at radius 3 is 2.68 bits per heavy atom. The molecule has 1 N–H and O–H groups in total. The fourth-order valence-corrected chi connectivity index (χ4v) is 2.13. The molecule has 0 aliphatic rings. The summed E-state index contributed by atoms with van der Waals surface area (Å²) in [5.74, 6) is 0.600. The summed E-state index contributed by atoms with van der Waals surface area (Å²) in [6.07, 6.45) is 0.987. The molecule has 0 saturated carbocycles. The number of fused-ring (bicyclic) bond motifs is 1. The van der Waals surface area contributed by atoms with Gasteiger partial charge in [-0.3, -0.25) is 4.79 Å². The van der Waals surface area contributed by atoms with Gasteiger partial charge in [-0.15, -0.1) is 0 Å². The van der Waals surface area contributed by atoms with Gasteiger partial charge in [0.15, 0.2) is 5.52 Å². The molecule has 0 unspecified atom stereocenters. The zero-order chi connectivity index (χ0) is 13.4. The molecular weight excluding hydrogens is 242 g/mol. The van der Waals surface area contributed by atoms with Crippen LogP contribution in [0.5, 0.6) is 0 Å². The van der Waals surface area contributed by atoms with E-state index >= 15 is 0 Å². The first-order valence-electron chi connectivity index (χ1n) is 6.14. The van der Waals surface area contributed by atoms with E-state index in [0.717, 1.165) is 12.0 Å². The lowest BCUT2D eigenvalue weighted by atomic mass is 10.0. The Balaban J connectivity index is 2.27. The Bertz CT molecular complexity index is 785. The zero-order valence-corrected chi connectivity index (χ0v) is 10.7. The number of benzene rings is 1. The van der Waals surface area contributed by atoms with Crippen LogP contribution in [0, 0.1) is 6.92 Å². The lowest BCUT2D eigenvalue weighted by molar-refractivity contribution is 0.405. The third-order valence-electron chi connectivity index (χ3n) is 3.22. The predicted octanol–water partition coefficient (Wildman–Crippen LogP) is 2.45. The molecule has 0 radical (unpaired) electrons. The Morgan fingerprint density at radius 2 is 2.00 bits per heavy atom. The van der Waals surface area contributed by atoms with Crippen molar-refractivity contribution in [1.82, 2.24) is 15.4 Å². The highest BCUT2D eigenvalue weighted by atomic mass is 16.5. The van der Waals surface area contributed by atoms with Crippen LogP contribution in [0.3, 0.4) is 0 Å². The van der Waals surface area contributed by atoms with Gasteiger partial charge in [0.05, 0.1) is 5.39 Å². The topological polar surface area (TPSA) is 71.8 Å². The van der Waals surface area contributed by atoms with Crippen molar-refractivity contribution in [2.24, 2.45) is 0 Å². The van der Waals surface area contributed by atoms with Crippen LogP contribution in [0.2, 0.25) is 0 Å². The molecule has 2 heterocycles. The molecule has 5 heteroatoms. The number of nitrogens with zero attached hydrogens (tertiary/aromatic N) is 2. The fourth-order valence-electron chi connectivity index (χ4n) is 2.13. The molecule has 0 bridgehead atoms. The van der Waals surface area contributed by atoms with E-state index in [4.69, 9.17) is 4.52 Å². The average Bonchev–Trinajstić information content (AvgIpc) is 2.83. The van der Waals surface area contributed by atoms with Crippen molar-refractivity contribution in [2.45, 2.75) is 20.3 Å². The molecule has 2 aromatic heterocycles. The van der Waals surface area contributed by atoms with Crippen molar-refractivity contribution in [2.75, 3.05) is 0 Å². The summed E-state index contributed by atoms with van der Waals surface area (Å²) in [6.45, 7) is 3.88. The standard InChI is InChI=1S/C14H13N3O2/c1-3-9-4-6-10(7-5-9)12-11-8(2)19-17-13(11)14(18)16-15-12/h4-7H,3H2,1-2H3,(H,16,18). The summed E-state index contributed by atoms with van der Waals surface area (Å²) in [6, 6.07) is 8.09. The van der Waals surface area contributed by atoms with Gasteiger partial charge < -0.3 is 4.52 Å². The van der Waals surface area contributed by atoms with Crippen LogP contribution >= 0.6 is 0 Å². The summed E-state index contributed by atoms with van der Waals surface area (Å²) >= 11 is 0. The molecule has 0 aliphatic heterocycles. The Hall–Kier alpha value is -2.43. The number of hydrogen-bond donors (Lipinski definition) is 1. The van der Waals surface area contributed by atoms with Gasteiger partial charge in [0.2, 0.25) is 0 Å². The molecule has 0 saturated heterocycles. The third-order valence-corrected chi connectivity index (χ3v) is 3.22. The van der Waals surface area contributed by atoms with Gasteiger partial charge >= 0.3 is 0 Å². The first kappa shape index (κ1) is 11.6. The molecule has 96 valence electrons. The van der Waals surface area contributed by atoms with E-state index in [1.807, 2.05) is 12.1 Å². The number of aryl methyl sites for hydroxylation is 2. The molecule has 0 aliphatic carbocycles. The highest BCUT2D eigenvalue weighted by Crippen LogP contribution is 2.26. The first-order chi connectivity index (χ1) is 9.20. The molecular formula is C14H13N3O2. The van der Waals surface area contributed by atoms with Crippen molar-refractivity contribution in [3.63, 3.8) is 0 Å². The van der Waals surface area contributed by atoms with E-state index in [-0.39, 0.29) is 5.56 Å². The fraction of sp³-hybridized carbons (Fsp3) is 0.214. The Kier molecular flexibility index (Phi) is 2.67. The van der Waals surface area contributed by atoms with Gasteiger partial charge in [0.25, 0.3) is 5.56 Å². The zero-order valence-electron chi connectivity index (χ0n) is 10.7. The maximum Gasteiger partial charge on any atom is 0.294 e. The smallest absolute Gasteiger partial charge is 0.294 e. The Labute approximate surface area is 109 Å². The minimum atomic E-state index is -0.333. The van der Waals surface area contributed by atoms with Crippen molar-refractivity contribution in [3.05, 3.63) is 45.9 Å². The maximum absolute atomic E-state index is 11.6. The number of aromatic nitrogens is 3. The maximum atomic E-state index is 11.6. The van der Waals surface area contributed by atoms with E-state index in [1.54, 1.807) is 6.92 Å². The SMILES string of the molecule is CCc1ccc(-c2n[nH]c(=O)c3noc(C)c23)cc1. The van der Waals surface area contributed by atoms with Crippen LogP contribution in [-0.4, -0.2) is 15.4 Å². The van der Waals surface area contributed by atoms with Crippen molar-refractivity contribution < 1.29 is 4.52 Å². The summed E-state index contributed by atoms with van der Waals surface area (Å²) in [4.78, 5) is 11.6. The molecule has 19 heavy (non-hydrogen) atoms. The quantitative estimate of drug-likeness (QED) is 0.763. The number of hydrogen-bond acceptors (Lipinski definition) is 4. The van der Waals surface area contributed by atoms with E-state index in [0.29, 0.717) is 22.4 Å². The van der Waals surface area contributed by atoms with Crippen LogP contribution < -0.4 is 5.56 Å². The lowest BCUT2D eigenvalue weighted by Gasteiger charge is -2.03. The summed E-state index contributed by atoms with van der Waals surface area (Å²) in [5, 5.41) is 11.0. The van der Waals surface area contributed by atoms with Crippen LogP contribution in [0.25, 0.3) is 22.2 Å². The minimum absolute atomic E-state index is 0.294. The van der Waals surface area contributed by atoms with E-state index in [1.165, 1.54) is 5.56 Å². The average molecular weight is 255 g/mol. The van der Waals surface area contributed by atoms with Crippen LogP contribution in [0.15, 0.2) is 33.6 Å². The number of rotatable bonds is 2. The second-order valence-corrected chi connectivity index (χ2v) is 4.41. The van der Waals surface area contributed by atoms with E-state index in [2.05, 4.69) is 34.4 Å². The molecule has 0 amide bonds. The number of H-pyrrole nitrogens is 1. The largest absolute Gasteiger partial charge is 0.360 e. The Morgan fingerprint density at radius 1 is 1.26 bits per heavy atom. The van der Waals surface area contributed by atoms with Crippen LogP contribution in [0.1, 0.15) is 18.2 Å². The van der Waals surface area contributed by atoms with Gasteiger partial charge in [0.1, 0.15) is 11.5 Å². The highest BCUT2D eigenvalue weighted by molar-refractivity contribution is 5.92. The molecule has 0 fully saturated rings. The van der Waals surface area contributed by atoms with Gasteiger partial charge in [-0.25, -0.2) is 5.10 Å². The molecule has 3 rings (SSSR count). The lowest BCUT2D eigenvalue weighted by Crippen LogP contribution is -2.09. The summed E-state index contributed by atoms with van der Waals surface area (Å²) < 4.78 is 5.09. The molecule has 5 nitrogen and oxygen atoms in total. The second-order valence-electron chi connectivity index (χ2n) is 4.41. The van der Waals surface area contributed by atoms with Gasteiger partial charge in [0, 0.05) is 5.56 Å². The van der Waals surface area contributed by atoms with E-state index in [9.17, 15) is 4.79 Å². The number of nitrogens with one attached hydrogen (secondary N) is 1. The molecule has 0 atom stereocenters. The first-order valence-corrected chi connectivity index (χ1v) is 6.14. The van der Waals surface area contributed by atoms with Gasteiger partial charge in [-0.2, -0.15) is 5.10 Å². The summed E-state index contributed by atoms with van der Waals surface area (Å²) in [5.41, 5.74) is 2.84. The molecule has 3 aromatic rings. The minimum Gasteiger partial charge on any atom is -0.360 e. The van der Waals surface area contributed by atoms with E-state index < -0.39 is 0 Å². The second kappa shape index (κ2) is 4.35. The predicted molar refractivity (Wildman–Crippen MR) is 72.0 cm³/mol. The van der Waals surface area contributed by atoms with Crippen LogP contribution in [0.4, 0.5) is 0 Å². The van der Waals surface area contributed by atoms with Gasteiger partial charge in [-0.1, -0.05) is 36.3 Å².